The maximum Gasteiger partial charge on any atom is 0.416 e. The van der Waals surface area contributed by atoms with E-state index in [1.165, 1.54) is 0 Å². The van der Waals surface area contributed by atoms with Crippen molar-refractivity contribution in [1.82, 2.24) is 0 Å². The molecule has 11 heavy (non-hydrogen) atoms. The largest absolute Gasteiger partial charge is 0.449 e. The van der Waals surface area contributed by atoms with Crippen molar-refractivity contribution in [2.75, 3.05) is 13.7 Å². The minimum absolute atomic E-state index is 0.204. The Bertz CT molecular complexity index is 165. The van der Waals surface area contributed by atoms with Crippen molar-refractivity contribution >= 4 is 6.08 Å². The Labute approximate surface area is 66.1 Å². The molecule has 0 spiro atoms. The van der Waals surface area contributed by atoms with Crippen molar-refractivity contribution in [3.63, 3.8) is 0 Å². The van der Waals surface area contributed by atoms with E-state index in [1.807, 2.05) is 13.8 Å². The standard InChI is InChI=1S/C7H13NO3/c1-7(2)4-5-9-6(8-3)10-11-7/h4-5H2,1-3H3/b8-6+. The van der Waals surface area contributed by atoms with E-state index in [1.54, 1.807) is 7.05 Å². The first-order valence-electron chi connectivity index (χ1n) is 3.59. The van der Waals surface area contributed by atoms with Crippen LogP contribution in [0.15, 0.2) is 4.99 Å². The van der Waals surface area contributed by atoms with Gasteiger partial charge < -0.3 is 4.74 Å². The van der Waals surface area contributed by atoms with Gasteiger partial charge in [0.25, 0.3) is 0 Å². The van der Waals surface area contributed by atoms with Gasteiger partial charge in [0.1, 0.15) is 5.60 Å². The molecule has 0 amide bonds. The van der Waals surface area contributed by atoms with Gasteiger partial charge in [-0.25, -0.2) is 4.99 Å². The highest BCUT2D eigenvalue weighted by Crippen LogP contribution is 2.18. The van der Waals surface area contributed by atoms with Crippen LogP contribution in [0.25, 0.3) is 0 Å². The quantitative estimate of drug-likeness (QED) is 0.497. The number of rotatable bonds is 0. The van der Waals surface area contributed by atoms with E-state index in [4.69, 9.17) is 14.5 Å². The Morgan fingerprint density at radius 3 is 2.82 bits per heavy atom. The van der Waals surface area contributed by atoms with Gasteiger partial charge in [-0.2, -0.15) is 4.89 Å². The zero-order valence-electron chi connectivity index (χ0n) is 7.09. The Morgan fingerprint density at radius 1 is 1.45 bits per heavy atom. The fourth-order valence-corrected chi connectivity index (χ4v) is 0.700. The summed E-state index contributed by atoms with van der Waals surface area (Å²) in [5, 5.41) is 0. The lowest BCUT2D eigenvalue weighted by Gasteiger charge is -2.17. The van der Waals surface area contributed by atoms with Crippen molar-refractivity contribution in [2.45, 2.75) is 25.9 Å². The van der Waals surface area contributed by atoms with Gasteiger partial charge in [-0.1, -0.05) is 0 Å². The van der Waals surface area contributed by atoms with E-state index in [-0.39, 0.29) is 11.7 Å². The van der Waals surface area contributed by atoms with Crippen molar-refractivity contribution in [2.24, 2.45) is 4.99 Å². The zero-order valence-corrected chi connectivity index (χ0v) is 7.09. The predicted molar refractivity (Wildman–Crippen MR) is 40.2 cm³/mol. The van der Waals surface area contributed by atoms with Gasteiger partial charge in [-0.15, -0.1) is 0 Å². The second kappa shape index (κ2) is 3.09. The molecular formula is C7H13NO3. The van der Waals surface area contributed by atoms with Crippen molar-refractivity contribution in [1.29, 1.82) is 0 Å². The molecular weight excluding hydrogens is 146 g/mol. The van der Waals surface area contributed by atoms with Gasteiger partial charge in [0.2, 0.25) is 0 Å². The molecule has 0 bridgehead atoms. The fraction of sp³-hybridized carbons (Fsp3) is 0.857. The highest BCUT2D eigenvalue weighted by molar-refractivity contribution is 5.65. The normalized spacial score (nSPS) is 27.0. The lowest BCUT2D eigenvalue weighted by atomic mass is 10.1. The van der Waals surface area contributed by atoms with Gasteiger partial charge in [-0.3, -0.25) is 4.89 Å². The SMILES string of the molecule is C/N=C1\OCCC(C)(C)OO1. The number of hydrogen-bond acceptors (Lipinski definition) is 4. The summed E-state index contributed by atoms with van der Waals surface area (Å²) >= 11 is 0. The lowest BCUT2D eigenvalue weighted by molar-refractivity contribution is -0.295. The molecule has 1 aliphatic heterocycles. The third kappa shape index (κ3) is 2.38. The highest BCUT2D eigenvalue weighted by Gasteiger charge is 2.25. The van der Waals surface area contributed by atoms with Crippen LogP contribution in [0, 0.1) is 0 Å². The maximum atomic E-state index is 5.09. The first-order valence-corrected chi connectivity index (χ1v) is 3.59. The number of aliphatic imine (C=N–C) groups is 1. The molecule has 0 aromatic rings. The van der Waals surface area contributed by atoms with Crippen molar-refractivity contribution in [3.8, 4) is 0 Å². The molecule has 64 valence electrons. The van der Waals surface area contributed by atoms with Gasteiger partial charge in [-0.05, 0) is 13.8 Å². The average Bonchev–Trinajstić information content (AvgIpc) is 2.10. The van der Waals surface area contributed by atoms with Crippen LogP contribution >= 0.6 is 0 Å². The molecule has 1 saturated heterocycles. The van der Waals surface area contributed by atoms with Gasteiger partial charge in [0, 0.05) is 13.5 Å². The van der Waals surface area contributed by atoms with E-state index in [9.17, 15) is 0 Å². The summed E-state index contributed by atoms with van der Waals surface area (Å²) in [7, 11) is 1.59. The third-order valence-corrected chi connectivity index (χ3v) is 1.45. The van der Waals surface area contributed by atoms with E-state index < -0.39 is 0 Å². The lowest BCUT2D eigenvalue weighted by Crippen LogP contribution is -2.23. The van der Waals surface area contributed by atoms with Crippen LogP contribution in [0.5, 0.6) is 0 Å². The van der Waals surface area contributed by atoms with E-state index in [0.29, 0.717) is 6.61 Å². The molecule has 0 aliphatic carbocycles. The monoisotopic (exact) mass is 159 g/mol. The third-order valence-electron chi connectivity index (χ3n) is 1.45. The second-order valence-corrected chi connectivity index (χ2v) is 3.01. The molecule has 1 fully saturated rings. The molecule has 1 rings (SSSR count). The molecule has 4 nitrogen and oxygen atoms in total. The molecule has 4 heteroatoms. The maximum absolute atomic E-state index is 5.09. The molecule has 0 radical (unpaired) electrons. The molecule has 1 aliphatic rings. The summed E-state index contributed by atoms with van der Waals surface area (Å²) in [5.41, 5.74) is -0.285. The van der Waals surface area contributed by atoms with Crippen molar-refractivity contribution < 1.29 is 14.5 Å². The summed E-state index contributed by atoms with van der Waals surface area (Å²) in [6.07, 6.45) is 1.00. The topological polar surface area (TPSA) is 40.0 Å². The molecule has 0 N–H and O–H groups in total. The number of ether oxygens (including phenoxy) is 1. The summed E-state index contributed by atoms with van der Waals surface area (Å²) in [6.45, 7) is 4.46. The molecule has 0 unspecified atom stereocenters. The molecule has 1 heterocycles. The summed E-state index contributed by atoms with van der Waals surface area (Å²) in [4.78, 5) is 13.6. The van der Waals surface area contributed by atoms with Gasteiger partial charge >= 0.3 is 6.08 Å². The van der Waals surface area contributed by atoms with Crippen LogP contribution in [0.2, 0.25) is 0 Å². The first kappa shape index (κ1) is 8.33. The summed E-state index contributed by atoms with van der Waals surface area (Å²) < 4.78 is 5.09. The summed E-state index contributed by atoms with van der Waals surface area (Å²) in [5.74, 6) is 0. The van der Waals surface area contributed by atoms with Gasteiger partial charge in [0.15, 0.2) is 0 Å². The van der Waals surface area contributed by atoms with Crippen LogP contribution in [-0.4, -0.2) is 25.3 Å². The van der Waals surface area contributed by atoms with Crippen molar-refractivity contribution in [3.05, 3.63) is 0 Å². The Morgan fingerprint density at radius 2 is 2.18 bits per heavy atom. The molecule has 0 atom stereocenters. The zero-order chi connectivity index (χ0) is 8.32. The average molecular weight is 159 g/mol. The molecule has 0 saturated carbocycles. The minimum Gasteiger partial charge on any atom is -0.449 e. The smallest absolute Gasteiger partial charge is 0.416 e. The fourth-order valence-electron chi connectivity index (χ4n) is 0.700. The van der Waals surface area contributed by atoms with Crippen LogP contribution in [0.1, 0.15) is 20.3 Å². The number of hydrogen-bond donors (Lipinski definition) is 0. The van der Waals surface area contributed by atoms with Crippen LogP contribution in [0.4, 0.5) is 0 Å². The number of nitrogens with zero attached hydrogens (tertiary/aromatic N) is 1. The van der Waals surface area contributed by atoms with Crippen LogP contribution < -0.4 is 0 Å². The second-order valence-electron chi connectivity index (χ2n) is 3.01. The highest BCUT2D eigenvalue weighted by atomic mass is 17.2. The minimum atomic E-state index is -0.285. The summed E-state index contributed by atoms with van der Waals surface area (Å²) in [6, 6.07) is 0. The molecule has 0 aromatic heterocycles. The first-order chi connectivity index (χ1) is 5.14. The van der Waals surface area contributed by atoms with E-state index in [0.717, 1.165) is 6.42 Å². The van der Waals surface area contributed by atoms with Crippen LogP contribution in [0.3, 0.4) is 0 Å². The van der Waals surface area contributed by atoms with Crippen LogP contribution in [-0.2, 0) is 14.5 Å². The molecule has 0 aromatic carbocycles. The van der Waals surface area contributed by atoms with E-state index >= 15 is 0 Å². The predicted octanol–water partition coefficient (Wildman–Crippen LogP) is 1.12. The van der Waals surface area contributed by atoms with E-state index in [2.05, 4.69) is 4.99 Å². The Balaban J connectivity index is 2.53. The Hall–Kier alpha value is -0.770. The van der Waals surface area contributed by atoms with Gasteiger partial charge in [0.05, 0.1) is 6.61 Å². The Kier molecular flexibility index (Phi) is 2.34.